The summed E-state index contributed by atoms with van der Waals surface area (Å²) in [7, 11) is 0. The Morgan fingerprint density at radius 1 is 1.17 bits per heavy atom. The lowest BCUT2D eigenvalue weighted by Crippen LogP contribution is -2.52. The summed E-state index contributed by atoms with van der Waals surface area (Å²) in [6.45, 7) is 10.6. The fourth-order valence-corrected chi connectivity index (χ4v) is 1.81. The topological polar surface area (TPSA) is 43.1 Å². The zero-order valence-corrected chi connectivity index (χ0v) is 12.0. The number of carbonyl (C=O) groups is 1. The van der Waals surface area contributed by atoms with Gasteiger partial charge >= 0.3 is 0 Å². The quantitative estimate of drug-likeness (QED) is 0.837. The normalized spacial score (nSPS) is 12.7. The molecule has 0 amide bonds. The first kappa shape index (κ1) is 14.8. The predicted octanol–water partition coefficient (Wildman–Crippen LogP) is 3.39. The van der Waals surface area contributed by atoms with E-state index >= 15 is 0 Å². The van der Waals surface area contributed by atoms with Crippen LogP contribution in [0, 0.1) is 25.1 Å². The zero-order valence-electron chi connectivity index (χ0n) is 12.0. The number of hydrogen-bond acceptors (Lipinski definition) is 2. The standard InChI is InChI=1S/C15H22FNO/c1-9-7-10(2)12(11(16)8-9)13(18)14(3,4)15(5,6)17/h7-8H,17H2,1-6H3. The van der Waals surface area contributed by atoms with Gasteiger partial charge in [-0.15, -0.1) is 0 Å². The first-order valence-electron chi connectivity index (χ1n) is 6.09. The zero-order chi connectivity index (χ0) is 14.3. The van der Waals surface area contributed by atoms with Gasteiger partial charge in [0.05, 0.1) is 5.56 Å². The van der Waals surface area contributed by atoms with E-state index in [1.165, 1.54) is 6.07 Å². The molecule has 0 saturated heterocycles. The maximum Gasteiger partial charge on any atom is 0.173 e. The molecule has 1 rings (SSSR count). The smallest absolute Gasteiger partial charge is 0.173 e. The summed E-state index contributed by atoms with van der Waals surface area (Å²) in [4.78, 5) is 12.5. The van der Waals surface area contributed by atoms with Gasteiger partial charge in [-0.3, -0.25) is 4.79 Å². The van der Waals surface area contributed by atoms with Gasteiger partial charge < -0.3 is 5.73 Å². The molecule has 2 nitrogen and oxygen atoms in total. The van der Waals surface area contributed by atoms with E-state index in [-0.39, 0.29) is 11.3 Å². The minimum absolute atomic E-state index is 0.157. The van der Waals surface area contributed by atoms with Gasteiger partial charge in [0.15, 0.2) is 5.78 Å². The molecule has 0 unspecified atom stereocenters. The third-order valence-electron chi connectivity index (χ3n) is 3.84. The molecule has 0 spiro atoms. The fourth-order valence-electron chi connectivity index (χ4n) is 1.81. The molecule has 0 heterocycles. The Bertz CT molecular complexity index is 461. The number of benzene rings is 1. The summed E-state index contributed by atoms with van der Waals surface area (Å²) in [6.07, 6.45) is 0. The lowest BCUT2D eigenvalue weighted by Gasteiger charge is -2.37. The van der Waals surface area contributed by atoms with Gasteiger partial charge in [-0.05, 0) is 44.9 Å². The number of Topliss-reactive ketones (excluding diaryl/α,β-unsaturated/α-hetero) is 1. The van der Waals surface area contributed by atoms with E-state index in [1.807, 2.05) is 13.0 Å². The van der Waals surface area contributed by atoms with Crippen molar-refractivity contribution in [2.45, 2.75) is 47.1 Å². The highest BCUT2D eigenvalue weighted by Crippen LogP contribution is 2.34. The molecule has 18 heavy (non-hydrogen) atoms. The summed E-state index contributed by atoms with van der Waals surface area (Å²) < 4.78 is 14.0. The van der Waals surface area contributed by atoms with Crippen molar-refractivity contribution >= 4 is 5.78 Å². The number of ketones is 1. The second-order valence-electron chi connectivity index (χ2n) is 6.11. The van der Waals surface area contributed by atoms with Crippen molar-refractivity contribution in [2.75, 3.05) is 0 Å². The van der Waals surface area contributed by atoms with E-state index in [0.29, 0.717) is 5.56 Å². The Hall–Kier alpha value is -1.22. The van der Waals surface area contributed by atoms with Crippen LogP contribution in [-0.2, 0) is 0 Å². The second-order valence-corrected chi connectivity index (χ2v) is 6.11. The summed E-state index contributed by atoms with van der Waals surface area (Å²) >= 11 is 0. The summed E-state index contributed by atoms with van der Waals surface area (Å²) in [5, 5.41) is 0. The number of halogens is 1. The molecule has 0 fully saturated rings. The van der Waals surface area contributed by atoms with Crippen molar-refractivity contribution in [2.24, 2.45) is 11.1 Å². The third kappa shape index (κ3) is 2.46. The monoisotopic (exact) mass is 251 g/mol. The lowest BCUT2D eigenvalue weighted by molar-refractivity contribution is 0.0729. The average Bonchev–Trinajstić information content (AvgIpc) is 2.13. The number of nitrogens with two attached hydrogens (primary N) is 1. The Kier molecular flexibility index (Phi) is 3.68. The molecule has 100 valence electrons. The Labute approximate surface area is 108 Å². The van der Waals surface area contributed by atoms with Gasteiger partial charge in [0.1, 0.15) is 5.82 Å². The third-order valence-corrected chi connectivity index (χ3v) is 3.84. The molecule has 2 N–H and O–H groups in total. The van der Waals surface area contributed by atoms with E-state index in [0.717, 1.165) is 5.56 Å². The van der Waals surface area contributed by atoms with Gasteiger partial charge in [-0.25, -0.2) is 4.39 Å². The molecule has 0 radical (unpaired) electrons. The Balaban J connectivity index is 3.37. The largest absolute Gasteiger partial charge is 0.325 e. The first-order chi connectivity index (χ1) is 7.98. The van der Waals surface area contributed by atoms with Crippen molar-refractivity contribution in [1.29, 1.82) is 0 Å². The summed E-state index contributed by atoms with van der Waals surface area (Å²) in [6, 6.07) is 3.20. The molecule has 3 heteroatoms. The molecule has 0 atom stereocenters. The molecule has 0 bridgehead atoms. The van der Waals surface area contributed by atoms with Crippen LogP contribution in [0.3, 0.4) is 0 Å². The number of rotatable bonds is 3. The van der Waals surface area contributed by atoms with Crippen molar-refractivity contribution < 1.29 is 9.18 Å². The average molecular weight is 251 g/mol. The number of carbonyl (C=O) groups excluding carboxylic acids is 1. The maximum atomic E-state index is 14.0. The highest BCUT2D eigenvalue weighted by molar-refractivity contribution is 6.02. The number of hydrogen-bond donors (Lipinski definition) is 1. The van der Waals surface area contributed by atoms with Crippen molar-refractivity contribution in [3.63, 3.8) is 0 Å². The van der Waals surface area contributed by atoms with E-state index < -0.39 is 16.8 Å². The van der Waals surface area contributed by atoms with E-state index in [4.69, 9.17) is 5.73 Å². The van der Waals surface area contributed by atoms with Crippen LogP contribution in [-0.4, -0.2) is 11.3 Å². The molecule has 0 aliphatic carbocycles. The maximum absolute atomic E-state index is 14.0. The molecular weight excluding hydrogens is 229 g/mol. The molecular formula is C15H22FNO. The van der Waals surface area contributed by atoms with Crippen molar-refractivity contribution in [1.82, 2.24) is 0 Å². The molecule has 0 aromatic heterocycles. The minimum Gasteiger partial charge on any atom is -0.325 e. The fraction of sp³-hybridized carbons (Fsp3) is 0.533. The highest BCUT2D eigenvalue weighted by atomic mass is 19.1. The van der Waals surface area contributed by atoms with Crippen LogP contribution in [0.4, 0.5) is 4.39 Å². The number of aryl methyl sites for hydroxylation is 2. The first-order valence-corrected chi connectivity index (χ1v) is 6.09. The Morgan fingerprint density at radius 2 is 1.67 bits per heavy atom. The van der Waals surface area contributed by atoms with Crippen LogP contribution in [0.2, 0.25) is 0 Å². The van der Waals surface area contributed by atoms with Crippen LogP contribution in [0.25, 0.3) is 0 Å². The SMILES string of the molecule is Cc1cc(C)c(C(=O)C(C)(C)C(C)(C)N)c(F)c1. The van der Waals surface area contributed by atoms with E-state index in [2.05, 4.69) is 0 Å². The van der Waals surface area contributed by atoms with Crippen LogP contribution in [0.5, 0.6) is 0 Å². The molecule has 0 saturated carbocycles. The van der Waals surface area contributed by atoms with Crippen LogP contribution < -0.4 is 5.73 Å². The lowest BCUT2D eigenvalue weighted by atomic mass is 9.69. The minimum atomic E-state index is -0.826. The molecule has 0 aliphatic rings. The van der Waals surface area contributed by atoms with Gasteiger partial charge in [0.2, 0.25) is 0 Å². The van der Waals surface area contributed by atoms with Crippen LogP contribution in [0.1, 0.15) is 49.2 Å². The van der Waals surface area contributed by atoms with Gasteiger partial charge in [-0.1, -0.05) is 19.9 Å². The van der Waals surface area contributed by atoms with E-state index in [9.17, 15) is 9.18 Å². The van der Waals surface area contributed by atoms with Crippen LogP contribution >= 0.6 is 0 Å². The van der Waals surface area contributed by atoms with Crippen LogP contribution in [0.15, 0.2) is 12.1 Å². The predicted molar refractivity (Wildman–Crippen MR) is 72.3 cm³/mol. The Morgan fingerprint density at radius 3 is 2.06 bits per heavy atom. The molecule has 1 aromatic carbocycles. The summed E-state index contributed by atoms with van der Waals surface area (Å²) in [5.74, 6) is -0.708. The van der Waals surface area contributed by atoms with Crippen molar-refractivity contribution in [3.8, 4) is 0 Å². The van der Waals surface area contributed by atoms with Gasteiger partial charge in [0.25, 0.3) is 0 Å². The molecule has 1 aromatic rings. The van der Waals surface area contributed by atoms with Crippen molar-refractivity contribution in [3.05, 3.63) is 34.6 Å². The van der Waals surface area contributed by atoms with Gasteiger partial charge in [0, 0.05) is 11.0 Å². The second kappa shape index (κ2) is 4.47. The van der Waals surface area contributed by atoms with E-state index in [1.54, 1.807) is 34.6 Å². The highest BCUT2D eigenvalue weighted by Gasteiger charge is 2.42. The summed E-state index contributed by atoms with van der Waals surface area (Å²) in [5.41, 5.74) is 6.13. The van der Waals surface area contributed by atoms with Gasteiger partial charge in [-0.2, -0.15) is 0 Å². The molecule has 0 aliphatic heterocycles.